The number of rotatable bonds is 3. The van der Waals surface area contributed by atoms with Gasteiger partial charge < -0.3 is 15.2 Å². The van der Waals surface area contributed by atoms with Crippen LogP contribution in [0.15, 0.2) is 53.9 Å². The third kappa shape index (κ3) is 2.65. The maximum absolute atomic E-state index is 14.6. The van der Waals surface area contributed by atoms with Crippen LogP contribution in [-0.4, -0.2) is 17.3 Å². The Morgan fingerprint density at radius 1 is 1.14 bits per heavy atom. The fourth-order valence-corrected chi connectivity index (χ4v) is 3.30. The zero-order chi connectivity index (χ0) is 19.8. The van der Waals surface area contributed by atoms with Gasteiger partial charge in [-0.05, 0) is 36.4 Å². The minimum Gasteiger partial charge on any atom is -0.497 e. The molecule has 1 atom stereocenters. The van der Waals surface area contributed by atoms with Crippen LogP contribution in [-0.2, 0) is 0 Å². The summed E-state index contributed by atoms with van der Waals surface area (Å²) in [6, 6.07) is 12.4. The summed E-state index contributed by atoms with van der Waals surface area (Å²) in [7, 11) is 1.55. The number of ether oxygens (including phenoxy) is 2. The Morgan fingerprint density at radius 3 is 2.43 bits per heavy atom. The molecule has 28 heavy (non-hydrogen) atoms. The first-order chi connectivity index (χ1) is 13.5. The van der Waals surface area contributed by atoms with Crippen LogP contribution in [0, 0.1) is 23.0 Å². The van der Waals surface area contributed by atoms with Gasteiger partial charge in [0.1, 0.15) is 29.0 Å². The number of fused-ring (bicyclic) bond motifs is 1. The van der Waals surface area contributed by atoms with E-state index in [4.69, 9.17) is 15.2 Å². The second-order valence-electron chi connectivity index (χ2n) is 6.11. The molecule has 0 unspecified atom stereocenters. The third-order valence-corrected chi connectivity index (χ3v) is 4.61. The number of hydrogen-bond acceptors (Lipinski definition) is 5. The molecule has 3 aromatic rings. The molecule has 0 spiro atoms. The molecule has 6 nitrogen and oxygen atoms in total. The van der Waals surface area contributed by atoms with Gasteiger partial charge in [-0.3, -0.25) is 5.10 Å². The number of hydrogen-bond donors (Lipinski definition) is 2. The van der Waals surface area contributed by atoms with Gasteiger partial charge in [-0.25, -0.2) is 8.78 Å². The Bertz CT molecular complexity index is 1110. The first kappa shape index (κ1) is 17.5. The van der Waals surface area contributed by atoms with E-state index in [2.05, 4.69) is 10.2 Å². The monoisotopic (exact) mass is 380 g/mol. The van der Waals surface area contributed by atoms with Crippen molar-refractivity contribution in [2.24, 2.45) is 5.73 Å². The average Bonchev–Trinajstić information content (AvgIpc) is 3.11. The largest absolute Gasteiger partial charge is 0.497 e. The van der Waals surface area contributed by atoms with Crippen molar-refractivity contribution in [1.82, 2.24) is 10.2 Å². The van der Waals surface area contributed by atoms with Crippen LogP contribution >= 0.6 is 0 Å². The summed E-state index contributed by atoms with van der Waals surface area (Å²) >= 11 is 0. The van der Waals surface area contributed by atoms with E-state index in [-0.39, 0.29) is 22.9 Å². The molecule has 0 saturated heterocycles. The highest BCUT2D eigenvalue weighted by molar-refractivity contribution is 5.71. The van der Waals surface area contributed by atoms with Gasteiger partial charge in [0.2, 0.25) is 11.8 Å². The van der Waals surface area contributed by atoms with Crippen molar-refractivity contribution in [2.45, 2.75) is 5.92 Å². The van der Waals surface area contributed by atoms with Gasteiger partial charge in [-0.1, -0.05) is 6.07 Å². The Morgan fingerprint density at radius 2 is 1.82 bits per heavy atom. The lowest BCUT2D eigenvalue weighted by Crippen LogP contribution is -2.22. The summed E-state index contributed by atoms with van der Waals surface area (Å²) in [5.74, 6) is -2.22. The number of methoxy groups -OCH3 is 1. The number of benzene rings is 2. The van der Waals surface area contributed by atoms with E-state index in [0.717, 1.165) is 12.1 Å². The molecule has 140 valence electrons. The van der Waals surface area contributed by atoms with Crippen molar-refractivity contribution in [2.75, 3.05) is 7.11 Å². The number of aromatic amines is 1. The van der Waals surface area contributed by atoms with E-state index >= 15 is 0 Å². The molecule has 8 heteroatoms. The SMILES string of the molecule is COc1ccc(-c2[nH]nc3c2[C@H](c2c(F)cccc2F)C(C#N)=C(N)O3)cc1. The molecule has 4 rings (SSSR count). The number of aromatic nitrogens is 2. The van der Waals surface area contributed by atoms with Crippen molar-refractivity contribution >= 4 is 0 Å². The Hall–Kier alpha value is -3.86. The molecule has 2 aromatic carbocycles. The van der Waals surface area contributed by atoms with Gasteiger partial charge in [0.05, 0.1) is 24.3 Å². The lowest BCUT2D eigenvalue weighted by molar-refractivity contribution is 0.376. The zero-order valence-corrected chi connectivity index (χ0v) is 14.7. The lowest BCUT2D eigenvalue weighted by Gasteiger charge is -2.24. The smallest absolute Gasteiger partial charge is 0.244 e. The summed E-state index contributed by atoms with van der Waals surface area (Å²) in [6.07, 6.45) is 0. The third-order valence-electron chi connectivity index (χ3n) is 4.61. The van der Waals surface area contributed by atoms with Gasteiger partial charge in [0.15, 0.2) is 0 Å². The fraction of sp³-hybridized carbons (Fsp3) is 0.100. The van der Waals surface area contributed by atoms with Crippen molar-refractivity contribution in [1.29, 1.82) is 5.26 Å². The predicted octanol–water partition coefficient (Wildman–Crippen LogP) is 3.58. The quantitative estimate of drug-likeness (QED) is 0.724. The maximum atomic E-state index is 14.6. The number of nitrogens with two attached hydrogens (primary N) is 1. The highest BCUT2D eigenvalue weighted by Gasteiger charge is 2.38. The minimum absolute atomic E-state index is 0.0648. The number of nitrogens with one attached hydrogen (secondary N) is 1. The van der Waals surface area contributed by atoms with E-state index in [0.29, 0.717) is 22.6 Å². The number of nitriles is 1. The molecule has 2 heterocycles. The normalized spacial score (nSPS) is 15.6. The maximum Gasteiger partial charge on any atom is 0.244 e. The van der Waals surface area contributed by atoms with Crippen LogP contribution in [0.1, 0.15) is 17.0 Å². The molecule has 0 fully saturated rings. The summed E-state index contributed by atoms with van der Waals surface area (Å²) < 4.78 is 39.8. The van der Waals surface area contributed by atoms with Crippen LogP contribution in [0.4, 0.5) is 8.78 Å². The number of nitrogens with zero attached hydrogens (tertiary/aromatic N) is 2. The molecular weight excluding hydrogens is 366 g/mol. The highest BCUT2D eigenvalue weighted by atomic mass is 19.1. The van der Waals surface area contributed by atoms with Crippen molar-refractivity contribution in [3.05, 3.63) is 76.7 Å². The molecule has 0 bridgehead atoms. The van der Waals surface area contributed by atoms with Crippen LogP contribution < -0.4 is 15.2 Å². The highest BCUT2D eigenvalue weighted by Crippen LogP contribution is 2.46. The average molecular weight is 380 g/mol. The fourth-order valence-electron chi connectivity index (χ4n) is 3.30. The van der Waals surface area contributed by atoms with E-state index in [9.17, 15) is 14.0 Å². The second-order valence-corrected chi connectivity index (χ2v) is 6.11. The lowest BCUT2D eigenvalue weighted by atomic mass is 9.82. The van der Waals surface area contributed by atoms with Gasteiger partial charge in [-0.15, -0.1) is 5.10 Å². The minimum atomic E-state index is -1.11. The Labute approximate surface area is 158 Å². The predicted molar refractivity (Wildman–Crippen MR) is 96.2 cm³/mol. The molecular formula is C20H14F2N4O2. The first-order valence-corrected chi connectivity index (χ1v) is 8.29. The molecule has 0 aliphatic carbocycles. The summed E-state index contributed by atoms with van der Waals surface area (Å²) in [6.45, 7) is 0. The number of H-pyrrole nitrogens is 1. The van der Waals surface area contributed by atoms with Gasteiger partial charge in [0.25, 0.3) is 0 Å². The van der Waals surface area contributed by atoms with E-state index in [1.807, 2.05) is 6.07 Å². The van der Waals surface area contributed by atoms with Crippen LogP contribution in [0.25, 0.3) is 11.3 Å². The summed E-state index contributed by atoms with van der Waals surface area (Å²) in [5, 5.41) is 16.5. The van der Waals surface area contributed by atoms with Crippen molar-refractivity contribution < 1.29 is 18.3 Å². The van der Waals surface area contributed by atoms with E-state index < -0.39 is 17.6 Å². The zero-order valence-electron chi connectivity index (χ0n) is 14.7. The molecule has 0 amide bonds. The van der Waals surface area contributed by atoms with Gasteiger partial charge >= 0.3 is 0 Å². The Balaban J connectivity index is 1.97. The summed E-state index contributed by atoms with van der Waals surface area (Å²) in [5.41, 5.74) is 6.93. The number of allylic oxidation sites excluding steroid dienone is 1. The van der Waals surface area contributed by atoms with Gasteiger partial charge in [-0.2, -0.15) is 5.26 Å². The molecule has 3 N–H and O–H groups in total. The molecule has 1 aliphatic rings. The van der Waals surface area contributed by atoms with E-state index in [1.165, 1.54) is 6.07 Å². The van der Waals surface area contributed by atoms with Gasteiger partial charge in [0, 0.05) is 11.1 Å². The van der Waals surface area contributed by atoms with Crippen LogP contribution in [0.2, 0.25) is 0 Å². The first-order valence-electron chi connectivity index (χ1n) is 8.29. The topological polar surface area (TPSA) is 97.0 Å². The molecule has 1 aromatic heterocycles. The van der Waals surface area contributed by atoms with Crippen LogP contribution in [0.3, 0.4) is 0 Å². The van der Waals surface area contributed by atoms with Crippen LogP contribution in [0.5, 0.6) is 11.6 Å². The van der Waals surface area contributed by atoms with E-state index in [1.54, 1.807) is 31.4 Å². The van der Waals surface area contributed by atoms with Crippen molar-refractivity contribution in [3.63, 3.8) is 0 Å². The van der Waals surface area contributed by atoms with Crippen molar-refractivity contribution in [3.8, 4) is 29.0 Å². The molecule has 0 radical (unpaired) electrons. The number of halogens is 2. The molecule has 0 saturated carbocycles. The summed E-state index contributed by atoms with van der Waals surface area (Å²) in [4.78, 5) is 0. The Kier molecular flexibility index (Phi) is 4.20. The standard InChI is InChI=1S/C20H14F2N4O2/c1-27-11-7-5-10(6-8-11)18-17-15(16-13(21)3-2-4-14(16)22)12(9-23)19(24)28-20(17)26-25-18/h2-8,15H,24H2,1H3,(H,25,26)/t15-/m0/s1. The second kappa shape index (κ2) is 6.70. The molecule has 1 aliphatic heterocycles.